The fraction of sp³-hybridized carbons (Fsp3) is 0.632. The smallest absolute Gasteiger partial charge is 0.263 e. The second-order valence-electron chi connectivity index (χ2n) is 7.22. The molecule has 3 aromatic rings. The van der Waals surface area contributed by atoms with E-state index in [2.05, 4.69) is 36.3 Å². The van der Waals surface area contributed by atoms with Crippen LogP contribution in [0.15, 0.2) is 9.95 Å². The highest BCUT2D eigenvalue weighted by atomic mass is 32.2. The van der Waals surface area contributed by atoms with E-state index in [-0.39, 0.29) is 11.7 Å². The Kier molecular flexibility index (Phi) is 6.31. The van der Waals surface area contributed by atoms with Crippen LogP contribution in [0.5, 0.6) is 0 Å². The lowest BCUT2D eigenvalue weighted by Crippen LogP contribution is -2.29. The number of thiophene rings is 1. The molecule has 0 N–H and O–H groups in total. The molecule has 1 saturated heterocycles. The topological polar surface area (TPSA) is 87.7 Å². The first-order valence-electron chi connectivity index (χ1n) is 10.1. The zero-order chi connectivity index (χ0) is 20.4. The Bertz CT molecular complexity index is 1050. The Hall–Kier alpha value is -1.78. The van der Waals surface area contributed by atoms with Crippen LogP contribution in [-0.4, -0.2) is 42.5 Å². The van der Waals surface area contributed by atoms with Crippen LogP contribution >= 0.6 is 23.1 Å². The number of thioether (sulfide) groups is 1. The minimum absolute atomic E-state index is 0.0438. The fourth-order valence-corrected chi connectivity index (χ4v) is 5.86. The summed E-state index contributed by atoms with van der Waals surface area (Å²) >= 11 is 3.12. The Morgan fingerprint density at radius 3 is 2.93 bits per heavy atom. The summed E-state index contributed by atoms with van der Waals surface area (Å²) in [5.41, 5.74) is 1.16. The molecule has 4 rings (SSSR count). The van der Waals surface area contributed by atoms with Gasteiger partial charge < -0.3 is 4.74 Å². The van der Waals surface area contributed by atoms with Crippen LogP contribution in [0.2, 0.25) is 0 Å². The van der Waals surface area contributed by atoms with Crippen molar-refractivity contribution >= 4 is 33.3 Å². The van der Waals surface area contributed by atoms with E-state index in [4.69, 9.17) is 9.72 Å². The normalized spacial score (nSPS) is 16.9. The van der Waals surface area contributed by atoms with E-state index in [0.29, 0.717) is 17.5 Å². The number of aromatic nitrogens is 6. The molecule has 3 aromatic heterocycles. The van der Waals surface area contributed by atoms with Crippen molar-refractivity contribution < 1.29 is 4.74 Å². The highest BCUT2D eigenvalue weighted by Gasteiger charge is 2.23. The molecule has 1 unspecified atom stereocenters. The predicted molar refractivity (Wildman–Crippen MR) is 115 cm³/mol. The molecule has 29 heavy (non-hydrogen) atoms. The van der Waals surface area contributed by atoms with Gasteiger partial charge in [-0.1, -0.05) is 25.6 Å². The zero-order valence-corrected chi connectivity index (χ0v) is 18.7. The first kappa shape index (κ1) is 20.5. The molecular weight excluding hydrogens is 408 g/mol. The molecule has 0 saturated carbocycles. The molecule has 156 valence electrons. The average Bonchev–Trinajstić information content (AvgIpc) is 3.43. The van der Waals surface area contributed by atoms with Crippen molar-refractivity contribution in [1.82, 2.24) is 29.8 Å². The maximum atomic E-state index is 13.5. The first-order valence-corrected chi connectivity index (χ1v) is 11.9. The monoisotopic (exact) mass is 434 g/mol. The van der Waals surface area contributed by atoms with Gasteiger partial charge in [0, 0.05) is 18.0 Å². The summed E-state index contributed by atoms with van der Waals surface area (Å²) in [7, 11) is 0. The van der Waals surface area contributed by atoms with Gasteiger partial charge in [-0.2, -0.15) is 0 Å². The lowest BCUT2D eigenvalue weighted by atomic mass is 10.1. The van der Waals surface area contributed by atoms with Gasteiger partial charge in [0.1, 0.15) is 4.83 Å². The Morgan fingerprint density at radius 2 is 2.21 bits per heavy atom. The maximum Gasteiger partial charge on any atom is 0.263 e. The molecule has 0 radical (unpaired) electrons. The lowest BCUT2D eigenvalue weighted by molar-refractivity contribution is 0.0937. The molecule has 0 aliphatic carbocycles. The molecule has 10 heteroatoms. The molecule has 0 bridgehead atoms. The number of rotatable bonds is 8. The Labute approximate surface area is 177 Å². The quantitative estimate of drug-likeness (QED) is 0.397. The van der Waals surface area contributed by atoms with Crippen molar-refractivity contribution in [3.8, 4) is 0 Å². The van der Waals surface area contributed by atoms with Crippen LogP contribution in [0.4, 0.5) is 0 Å². The van der Waals surface area contributed by atoms with Crippen molar-refractivity contribution in [3.63, 3.8) is 0 Å². The standard InChI is InChI=1S/C19H26N6O2S2/c1-4-8-25-15(21-22-23-25)11-28-19-20-17-16(14(5-2)12(3)29-17)18(26)24(19)10-13-7-6-9-27-13/h13H,4-11H2,1-3H3. The van der Waals surface area contributed by atoms with Gasteiger partial charge in [-0.3, -0.25) is 9.36 Å². The summed E-state index contributed by atoms with van der Waals surface area (Å²) in [5.74, 6) is 1.37. The minimum Gasteiger partial charge on any atom is -0.376 e. The Balaban J connectivity index is 1.72. The zero-order valence-electron chi connectivity index (χ0n) is 17.1. The lowest BCUT2D eigenvalue weighted by Gasteiger charge is -2.16. The summed E-state index contributed by atoms with van der Waals surface area (Å²) in [6, 6.07) is 0. The molecule has 1 aliphatic heterocycles. The third kappa shape index (κ3) is 4.10. The van der Waals surface area contributed by atoms with Crippen LogP contribution in [0.1, 0.15) is 49.4 Å². The van der Waals surface area contributed by atoms with Crippen molar-refractivity contribution in [2.45, 2.75) is 76.6 Å². The van der Waals surface area contributed by atoms with Crippen molar-refractivity contribution in [2.24, 2.45) is 0 Å². The van der Waals surface area contributed by atoms with Gasteiger partial charge in [0.15, 0.2) is 11.0 Å². The van der Waals surface area contributed by atoms with Gasteiger partial charge >= 0.3 is 0 Å². The summed E-state index contributed by atoms with van der Waals surface area (Å²) in [6.45, 7) is 8.35. The first-order chi connectivity index (χ1) is 14.1. The van der Waals surface area contributed by atoms with Crippen LogP contribution in [0.3, 0.4) is 0 Å². The van der Waals surface area contributed by atoms with Gasteiger partial charge in [0.2, 0.25) is 0 Å². The summed E-state index contributed by atoms with van der Waals surface area (Å²) in [6.07, 6.45) is 3.89. The third-order valence-corrected chi connectivity index (χ3v) is 7.23. The van der Waals surface area contributed by atoms with Gasteiger partial charge in [-0.05, 0) is 48.6 Å². The highest BCUT2D eigenvalue weighted by molar-refractivity contribution is 7.98. The van der Waals surface area contributed by atoms with E-state index in [1.165, 1.54) is 16.6 Å². The number of fused-ring (bicyclic) bond motifs is 1. The number of tetrazole rings is 1. The van der Waals surface area contributed by atoms with E-state index in [9.17, 15) is 4.79 Å². The van der Waals surface area contributed by atoms with Gasteiger partial charge in [0.25, 0.3) is 5.56 Å². The Morgan fingerprint density at radius 1 is 1.34 bits per heavy atom. The van der Waals surface area contributed by atoms with E-state index in [0.717, 1.165) is 60.4 Å². The van der Waals surface area contributed by atoms with Gasteiger partial charge in [-0.25, -0.2) is 9.67 Å². The summed E-state index contributed by atoms with van der Waals surface area (Å²) in [4.78, 5) is 20.4. The maximum absolute atomic E-state index is 13.5. The van der Waals surface area contributed by atoms with Crippen LogP contribution in [0.25, 0.3) is 10.2 Å². The SMILES string of the molecule is CCCn1nnnc1CSc1nc2sc(C)c(CC)c2c(=O)n1CC1CCCO1. The molecule has 1 fully saturated rings. The number of hydrogen-bond acceptors (Lipinski definition) is 8. The van der Waals surface area contributed by atoms with E-state index < -0.39 is 0 Å². The van der Waals surface area contributed by atoms with E-state index in [1.807, 2.05) is 9.25 Å². The third-order valence-electron chi connectivity index (χ3n) is 5.21. The van der Waals surface area contributed by atoms with Crippen molar-refractivity contribution in [2.75, 3.05) is 6.61 Å². The molecule has 1 atom stereocenters. The van der Waals surface area contributed by atoms with Crippen molar-refractivity contribution in [1.29, 1.82) is 0 Å². The van der Waals surface area contributed by atoms with Crippen LogP contribution in [0, 0.1) is 6.92 Å². The largest absolute Gasteiger partial charge is 0.376 e. The fourth-order valence-electron chi connectivity index (χ4n) is 3.76. The molecule has 1 aliphatic rings. The van der Waals surface area contributed by atoms with Crippen molar-refractivity contribution in [3.05, 3.63) is 26.6 Å². The summed E-state index contributed by atoms with van der Waals surface area (Å²) < 4.78 is 9.44. The van der Waals surface area contributed by atoms with E-state index in [1.54, 1.807) is 11.3 Å². The number of ether oxygens (including phenoxy) is 1. The number of nitrogens with zero attached hydrogens (tertiary/aromatic N) is 6. The molecule has 0 amide bonds. The van der Waals surface area contributed by atoms with E-state index >= 15 is 0 Å². The van der Waals surface area contributed by atoms with Crippen LogP contribution < -0.4 is 5.56 Å². The second kappa shape index (κ2) is 8.93. The van der Waals surface area contributed by atoms with Gasteiger partial charge in [-0.15, -0.1) is 16.4 Å². The predicted octanol–water partition coefficient (Wildman–Crippen LogP) is 3.20. The van der Waals surface area contributed by atoms with Gasteiger partial charge in [0.05, 0.1) is 23.8 Å². The number of hydrogen-bond donors (Lipinski definition) is 0. The second-order valence-corrected chi connectivity index (χ2v) is 9.37. The minimum atomic E-state index is 0.0438. The van der Waals surface area contributed by atoms with Crippen LogP contribution in [-0.2, 0) is 30.0 Å². The molecule has 8 nitrogen and oxygen atoms in total. The summed E-state index contributed by atoms with van der Waals surface area (Å²) in [5, 5.41) is 13.5. The molecule has 0 aromatic carbocycles. The highest BCUT2D eigenvalue weighted by Crippen LogP contribution is 2.30. The number of aryl methyl sites for hydroxylation is 3. The molecule has 4 heterocycles. The average molecular weight is 435 g/mol. The molecular formula is C19H26N6O2S2. The molecule has 0 spiro atoms.